The Morgan fingerprint density at radius 2 is 0.786 bits per heavy atom. The molecule has 3 aromatic rings. The summed E-state index contributed by atoms with van der Waals surface area (Å²) < 4.78 is 54.4. The van der Waals surface area contributed by atoms with E-state index in [-0.39, 0.29) is 9.79 Å². The molecule has 2 amide bonds. The van der Waals surface area contributed by atoms with Crippen LogP contribution in [0, 0.1) is 0 Å². The van der Waals surface area contributed by atoms with Gasteiger partial charge in [-0.15, -0.1) is 0 Å². The monoisotopic (exact) mass is 610 g/mol. The van der Waals surface area contributed by atoms with E-state index in [0.29, 0.717) is 48.7 Å². The van der Waals surface area contributed by atoms with E-state index < -0.39 is 31.9 Å². The predicted octanol–water partition coefficient (Wildman–Crippen LogP) is 4.54. The second kappa shape index (κ2) is 12.7. The molecular formula is C30H34N4O6S2. The van der Waals surface area contributed by atoms with Crippen molar-refractivity contribution in [1.82, 2.24) is 8.61 Å². The Hall–Kier alpha value is -3.58. The summed E-state index contributed by atoms with van der Waals surface area (Å²) in [5, 5.41) is 5.49. The summed E-state index contributed by atoms with van der Waals surface area (Å²) in [6, 6.07) is 18.3. The number of nitrogens with zero attached hydrogens (tertiary/aromatic N) is 2. The van der Waals surface area contributed by atoms with Gasteiger partial charge in [0.1, 0.15) is 0 Å². The second-order valence-corrected chi connectivity index (χ2v) is 14.3. The lowest BCUT2D eigenvalue weighted by molar-refractivity contribution is 0.101. The average Bonchev–Trinajstić information content (AvgIpc) is 3.02. The van der Waals surface area contributed by atoms with Gasteiger partial charge < -0.3 is 10.6 Å². The number of sulfonamides is 2. The summed E-state index contributed by atoms with van der Waals surface area (Å²) >= 11 is 0. The third-order valence-electron chi connectivity index (χ3n) is 7.54. The van der Waals surface area contributed by atoms with Crippen LogP contribution in [0.25, 0.3) is 0 Å². The first kappa shape index (κ1) is 29.9. The number of piperidine rings is 2. The van der Waals surface area contributed by atoms with E-state index in [4.69, 9.17) is 0 Å². The maximum atomic E-state index is 12.8. The summed E-state index contributed by atoms with van der Waals surface area (Å²) in [5.74, 6) is -0.807. The minimum Gasteiger partial charge on any atom is -0.322 e. The van der Waals surface area contributed by atoms with Crippen LogP contribution < -0.4 is 10.6 Å². The first-order valence-electron chi connectivity index (χ1n) is 14.1. The molecule has 0 spiro atoms. The number of hydrogen-bond acceptors (Lipinski definition) is 6. The standard InChI is InChI=1S/C30H34N4O6S2/c35-29(31-25-11-15-27(16-12-25)41(37,38)33-19-3-1-4-20-33)23-7-9-24(10-8-23)30(36)32-26-13-17-28(18-14-26)42(39,40)34-21-5-2-6-22-34/h7-18H,1-6,19-22H2,(H,31,35)(H,32,36). The van der Waals surface area contributed by atoms with Crippen LogP contribution in [0.2, 0.25) is 0 Å². The minimum atomic E-state index is -3.55. The normalized spacial score (nSPS) is 17.0. The lowest BCUT2D eigenvalue weighted by Crippen LogP contribution is -2.35. The Labute approximate surface area is 246 Å². The maximum absolute atomic E-state index is 12.8. The van der Waals surface area contributed by atoms with Crippen molar-refractivity contribution >= 4 is 43.2 Å². The number of carbonyl (C=O) groups is 2. The number of rotatable bonds is 8. The van der Waals surface area contributed by atoms with Gasteiger partial charge in [-0.3, -0.25) is 9.59 Å². The van der Waals surface area contributed by atoms with E-state index in [2.05, 4.69) is 10.6 Å². The van der Waals surface area contributed by atoms with Crippen LogP contribution in [0.5, 0.6) is 0 Å². The molecule has 0 aromatic heterocycles. The van der Waals surface area contributed by atoms with E-state index in [9.17, 15) is 26.4 Å². The van der Waals surface area contributed by atoms with Crippen molar-refractivity contribution in [1.29, 1.82) is 0 Å². The molecule has 2 N–H and O–H groups in total. The van der Waals surface area contributed by atoms with E-state index in [1.165, 1.54) is 57.1 Å². The van der Waals surface area contributed by atoms with Gasteiger partial charge in [0.2, 0.25) is 20.0 Å². The van der Waals surface area contributed by atoms with E-state index in [0.717, 1.165) is 38.5 Å². The van der Waals surface area contributed by atoms with Gasteiger partial charge in [0.25, 0.3) is 11.8 Å². The first-order valence-corrected chi connectivity index (χ1v) is 17.0. The van der Waals surface area contributed by atoms with Crippen LogP contribution in [-0.4, -0.2) is 63.4 Å². The molecule has 2 aliphatic heterocycles. The third kappa shape index (κ3) is 6.73. The molecule has 12 heteroatoms. The van der Waals surface area contributed by atoms with Crippen molar-refractivity contribution in [3.8, 4) is 0 Å². The quantitative estimate of drug-likeness (QED) is 0.385. The molecule has 0 radical (unpaired) electrons. The minimum absolute atomic E-state index is 0.191. The van der Waals surface area contributed by atoms with Gasteiger partial charge >= 0.3 is 0 Å². The van der Waals surface area contributed by atoms with E-state index in [1.807, 2.05) is 0 Å². The van der Waals surface area contributed by atoms with Crippen LogP contribution in [0.1, 0.15) is 59.2 Å². The van der Waals surface area contributed by atoms with Gasteiger partial charge in [0.15, 0.2) is 0 Å². The van der Waals surface area contributed by atoms with Gasteiger partial charge in [-0.2, -0.15) is 8.61 Å². The topological polar surface area (TPSA) is 133 Å². The van der Waals surface area contributed by atoms with Crippen molar-refractivity contribution in [2.24, 2.45) is 0 Å². The van der Waals surface area contributed by atoms with Crippen molar-refractivity contribution in [2.45, 2.75) is 48.3 Å². The molecule has 2 saturated heterocycles. The smallest absolute Gasteiger partial charge is 0.255 e. The Bertz CT molecular complexity index is 1500. The Morgan fingerprint density at radius 1 is 0.476 bits per heavy atom. The molecule has 0 bridgehead atoms. The summed E-state index contributed by atoms with van der Waals surface area (Å²) in [7, 11) is -7.11. The molecule has 3 aromatic carbocycles. The number of carbonyl (C=O) groups excluding carboxylic acids is 2. The van der Waals surface area contributed by atoms with Gasteiger partial charge in [-0.05, 0) is 98.5 Å². The fourth-order valence-electron chi connectivity index (χ4n) is 5.11. The molecule has 0 aliphatic carbocycles. The number of anilines is 2. The maximum Gasteiger partial charge on any atom is 0.255 e. The molecule has 222 valence electrons. The molecule has 2 heterocycles. The molecule has 2 fully saturated rings. The fraction of sp³-hybridized carbons (Fsp3) is 0.333. The van der Waals surface area contributed by atoms with Crippen LogP contribution in [0.3, 0.4) is 0 Å². The van der Waals surface area contributed by atoms with Crippen molar-refractivity contribution in [2.75, 3.05) is 36.8 Å². The summed E-state index contributed by atoms with van der Waals surface area (Å²) in [5.41, 5.74) is 1.54. The zero-order chi connectivity index (χ0) is 29.7. The highest BCUT2D eigenvalue weighted by Crippen LogP contribution is 2.24. The van der Waals surface area contributed by atoms with Crippen LogP contribution in [-0.2, 0) is 20.0 Å². The highest BCUT2D eigenvalue weighted by atomic mass is 32.2. The highest BCUT2D eigenvalue weighted by molar-refractivity contribution is 7.89. The van der Waals surface area contributed by atoms with Crippen molar-refractivity contribution in [3.05, 3.63) is 83.9 Å². The van der Waals surface area contributed by atoms with Gasteiger partial charge in [0.05, 0.1) is 9.79 Å². The molecule has 42 heavy (non-hydrogen) atoms. The van der Waals surface area contributed by atoms with Gasteiger partial charge in [0, 0.05) is 48.7 Å². The zero-order valence-electron chi connectivity index (χ0n) is 23.2. The van der Waals surface area contributed by atoms with Crippen LogP contribution >= 0.6 is 0 Å². The molecule has 0 saturated carbocycles. The van der Waals surface area contributed by atoms with Crippen molar-refractivity contribution in [3.63, 3.8) is 0 Å². The SMILES string of the molecule is O=C(Nc1ccc(S(=O)(=O)N2CCCCC2)cc1)c1ccc(C(=O)Nc2ccc(S(=O)(=O)N3CCCCC3)cc2)cc1. The third-order valence-corrected chi connectivity index (χ3v) is 11.4. The van der Waals surface area contributed by atoms with E-state index >= 15 is 0 Å². The Balaban J connectivity index is 1.17. The molecule has 0 unspecified atom stereocenters. The Morgan fingerprint density at radius 3 is 1.10 bits per heavy atom. The number of benzene rings is 3. The Kier molecular flexibility index (Phi) is 9.07. The molecular weight excluding hydrogens is 576 g/mol. The summed E-state index contributed by atoms with van der Waals surface area (Å²) in [4.78, 5) is 25.9. The van der Waals surface area contributed by atoms with Gasteiger partial charge in [-0.1, -0.05) is 12.8 Å². The number of nitrogens with one attached hydrogen (secondary N) is 2. The average molecular weight is 611 g/mol. The largest absolute Gasteiger partial charge is 0.322 e. The first-order chi connectivity index (χ1) is 20.1. The molecule has 0 atom stereocenters. The lowest BCUT2D eigenvalue weighted by Gasteiger charge is -2.25. The predicted molar refractivity (Wildman–Crippen MR) is 160 cm³/mol. The number of amides is 2. The highest BCUT2D eigenvalue weighted by Gasteiger charge is 2.27. The van der Waals surface area contributed by atoms with Gasteiger partial charge in [-0.25, -0.2) is 16.8 Å². The zero-order valence-corrected chi connectivity index (χ0v) is 24.8. The summed E-state index contributed by atoms with van der Waals surface area (Å²) in [6.45, 7) is 2.07. The van der Waals surface area contributed by atoms with Crippen molar-refractivity contribution < 1.29 is 26.4 Å². The molecule has 5 rings (SSSR count). The van der Waals surface area contributed by atoms with Crippen LogP contribution in [0.15, 0.2) is 82.6 Å². The lowest BCUT2D eigenvalue weighted by atomic mass is 10.1. The molecule has 2 aliphatic rings. The molecule has 10 nitrogen and oxygen atoms in total. The van der Waals surface area contributed by atoms with E-state index in [1.54, 1.807) is 24.3 Å². The fourth-order valence-corrected chi connectivity index (χ4v) is 8.14. The van der Waals surface area contributed by atoms with Crippen LogP contribution in [0.4, 0.5) is 11.4 Å². The summed E-state index contributed by atoms with van der Waals surface area (Å²) in [6.07, 6.45) is 5.48. The number of hydrogen-bond donors (Lipinski definition) is 2. The second-order valence-electron chi connectivity index (χ2n) is 10.5.